The highest BCUT2D eigenvalue weighted by atomic mass is 16.5. The van der Waals surface area contributed by atoms with Gasteiger partial charge in [0.2, 0.25) is 0 Å². The van der Waals surface area contributed by atoms with Gasteiger partial charge >= 0.3 is 0 Å². The summed E-state index contributed by atoms with van der Waals surface area (Å²) in [5.41, 5.74) is 1.78. The molecule has 1 amide bonds. The number of aromatic nitrogens is 1. The molecule has 0 bridgehead atoms. The van der Waals surface area contributed by atoms with Gasteiger partial charge in [0.05, 0.1) is 18.9 Å². The summed E-state index contributed by atoms with van der Waals surface area (Å²) in [6.45, 7) is 1.53. The van der Waals surface area contributed by atoms with E-state index in [1.807, 2.05) is 17.0 Å². The Morgan fingerprint density at radius 2 is 1.96 bits per heavy atom. The third-order valence-corrected chi connectivity index (χ3v) is 4.87. The van der Waals surface area contributed by atoms with E-state index in [2.05, 4.69) is 17.1 Å². The molecule has 1 aliphatic heterocycles. The predicted molar refractivity (Wildman–Crippen MR) is 95.8 cm³/mol. The van der Waals surface area contributed by atoms with Gasteiger partial charge in [-0.2, -0.15) is 0 Å². The molecule has 0 radical (unpaired) electrons. The van der Waals surface area contributed by atoms with Crippen LogP contribution in [0.4, 0.5) is 0 Å². The smallest absolute Gasteiger partial charge is 0.255 e. The quantitative estimate of drug-likeness (QED) is 0.907. The average molecular weight is 340 g/mol. The van der Waals surface area contributed by atoms with Crippen molar-refractivity contribution in [3.63, 3.8) is 0 Å². The van der Waals surface area contributed by atoms with Crippen molar-refractivity contribution in [2.75, 3.05) is 20.2 Å². The monoisotopic (exact) mass is 340 g/mol. The third kappa shape index (κ3) is 4.50. The van der Waals surface area contributed by atoms with E-state index in [4.69, 9.17) is 4.74 Å². The first-order valence-electron chi connectivity index (χ1n) is 8.72. The van der Waals surface area contributed by atoms with Crippen molar-refractivity contribution in [1.29, 1.82) is 0 Å². The molecule has 2 heterocycles. The van der Waals surface area contributed by atoms with Crippen LogP contribution in [0, 0.1) is 5.92 Å². The summed E-state index contributed by atoms with van der Waals surface area (Å²) in [6, 6.07) is 9.71. The SMILES string of the molecule is COc1ccc(CCC2CCN(C(=O)c3cncc(O)c3)CC2)cc1. The minimum absolute atomic E-state index is 0.0280. The highest BCUT2D eigenvalue weighted by molar-refractivity contribution is 5.94. The van der Waals surface area contributed by atoms with Crippen LogP contribution >= 0.6 is 0 Å². The Morgan fingerprint density at radius 1 is 1.24 bits per heavy atom. The Morgan fingerprint density at radius 3 is 2.60 bits per heavy atom. The standard InChI is InChI=1S/C20H24N2O3/c1-25-19-6-4-15(5-7-19)2-3-16-8-10-22(11-9-16)20(24)17-12-18(23)14-21-13-17/h4-7,12-14,16,23H,2-3,8-11H2,1H3. The van der Waals surface area contributed by atoms with Crippen LogP contribution in [0.25, 0.3) is 0 Å². The molecule has 0 spiro atoms. The van der Waals surface area contributed by atoms with E-state index in [-0.39, 0.29) is 11.7 Å². The number of piperidine rings is 1. The Hall–Kier alpha value is -2.56. The molecule has 1 aromatic heterocycles. The minimum atomic E-state index is -0.0444. The zero-order valence-corrected chi connectivity index (χ0v) is 14.5. The van der Waals surface area contributed by atoms with E-state index in [9.17, 15) is 9.90 Å². The number of amides is 1. The summed E-state index contributed by atoms with van der Waals surface area (Å²) in [5, 5.41) is 9.47. The minimum Gasteiger partial charge on any atom is -0.506 e. The molecule has 0 unspecified atom stereocenters. The number of pyridine rings is 1. The number of nitrogens with zero attached hydrogens (tertiary/aromatic N) is 2. The first-order valence-corrected chi connectivity index (χ1v) is 8.72. The molecule has 1 aromatic carbocycles. The molecule has 3 rings (SSSR count). The lowest BCUT2D eigenvalue weighted by atomic mass is 9.90. The maximum Gasteiger partial charge on any atom is 0.255 e. The molecular formula is C20H24N2O3. The second-order valence-corrected chi connectivity index (χ2v) is 6.55. The molecule has 0 atom stereocenters. The fraction of sp³-hybridized carbons (Fsp3) is 0.400. The van der Waals surface area contributed by atoms with Crippen molar-refractivity contribution in [3.8, 4) is 11.5 Å². The molecule has 132 valence electrons. The number of hydrogen-bond acceptors (Lipinski definition) is 4. The molecular weight excluding hydrogens is 316 g/mol. The summed E-state index contributed by atoms with van der Waals surface area (Å²) < 4.78 is 5.18. The summed E-state index contributed by atoms with van der Waals surface area (Å²) in [4.78, 5) is 18.2. The summed E-state index contributed by atoms with van der Waals surface area (Å²) in [7, 11) is 1.68. The fourth-order valence-electron chi connectivity index (χ4n) is 3.32. The predicted octanol–water partition coefficient (Wildman–Crippen LogP) is 3.28. The van der Waals surface area contributed by atoms with E-state index in [1.165, 1.54) is 24.0 Å². The highest BCUT2D eigenvalue weighted by Gasteiger charge is 2.23. The van der Waals surface area contributed by atoms with Crippen molar-refractivity contribution in [2.24, 2.45) is 5.92 Å². The van der Waals surface area contributed by atoms with Crippen LogP contribution in [0.15, 0.2) is 42.7 Å². The normalized spacial score (nSPS) is 15.2. The largest absolute Gasteiger partial charge is 0.506 e. The number of carbonyl (C=O) groups is 1. The average Bonchev–Trinajstić information content (AvgIpc) is 2.66. The van der Waals surface area contributed by atoms with Gasteiger partial charge in [-0.05, 0) is 55.4 Å². The fourth-order valence-corrected chi connectivity index (χ4v) is 3.32. The summed E-state index contributed by atoms with van der Waals surface area (Å²) in [6.07, 6.45) is 7.09. The maximum absolute atomic E-state index is 12.5. The highest BCUT2D eigenvalue weighted by Crippen LogP contribution is 2.24. The number of aryl methyl sites for hydroxylation is 1. The Balaban J connectivity index is 1.47. The van der Waals surface area contributed by atoms with E-state index in [1.54, 1.807) is 7.11 Å². The molecule has 1 N–H and O–H groups in total. The van der Waals surface area contributed by atoms with Crippen molar-refractivity contribution in [3.05, 3.63) is 53.9 Å². The van der Waals surface area contributed by atoms with Gasteiger partial charge in [-0.15, -0.1) is 0 Å². The zero-order chi connectivity index (χ0) is 17.6. The molecule has 1 fully saturated rings. The van der Waals surface area contributed by atoms with Crippen LogP contribution in [-0.2, 0) is 6.42 Å². The summed E-state index contributed by atoms with van der Waals surface area (Å²) in [5.74, 6) is 1.52. The van der Waals surface area contributed by atoms with Gasteiger partial charge in [0, 0.05) is 19.3 Å². The number of hydrogen-bond donors (Lipinski definition) is 1. The molecule has 0 aliphatic carbocycles. The van der Waals surface area contributed by atoms with Gasteiger partial charge in [-0.3, -0.25) is 9.78 Å². The number of rotatable bonds is 5. The van der Waals surface area contributed by atoms with E-state index in [0.29, 0.717) is 11.5 Å². The second kappa shape index (κ2) is 8.01. The zero-order valence-electron chi connectivity index (χ0n) is 14.5. The first-order chi connectivity index (χ1) is 12.2. The first kappa shape index (κ1) is 17.3. The molecule has 0 saturated carbocycles. The third-order valence-electron chi connectivity index (χ3n) is 4.87. The second-order valence-electron chi connectivity index (χ2n) is 6.55. The number of likely N-dealkylation sites (tertiary alicyclic amines) is 1. The van der Waals surface area contributed by atoms with Crippen molar-refractivity contribution in [1.82, 2.24) is 9.88 Å². The number of ether oxygens (including phenoxy) is 1. The molecule has 1 saturated heterocycles. The van der Waals surface area contributed by atoms with Gasteiger partial charge < -0.3 is 14.7 Å². The molecule has 25 heavy (non-hydrogen) atoms. The Kier molecular flexibility index (Phi) is 5.53. The number of benzene rings is 1. The lowest BCUT2D eigenvalue weighted by Gasteiger charge is -2.32. The van der Waals surface area contributed by atoms with Gasteiger partial charge in [0.25, 0.3) is 5.91 Å². The van der Waals surface area contributed by atoms with Crippen LogP contribution in [0.1, 0.15) is 35.2 Å². The molecule has 2 aromatic rings. The van der Waals surface area contributed by atoms with E-state index >= 15 is 0 Å². The molecule has 1 aliphatic rings. The van der Waals surface area contributed by atoms with Crippen LogP contribution in [0.3, 0.4) is 0 Å². The van der Waals surface area contributed by atoms with E-state index in [0.717, 1.165) is 44.5 Å². The number of aromatic hydroxyl groups is 1. The van der Waals surface area contributed by atoms with Gasteiger partial charge in [-0.1, -0.05) is 12.1 Å². The number of methoxy groups -OCH3 is 1. The van der Waals surface area contributed by atoms with Gasteiger partial charge in [-0.25, -0.2) is 0 Å². The number of carbonyl (C=O) groups excluding carboxylic acids is 1. The topological polar surface area (TPSA) is 62.7 Å². The van der Waals surface area contributed by atoms with Crippen LogP contribution in [0.2, 0.25) is 0 Å². The lowest BCUT2D eigenvalue weighted by molar-refractivity contribution is 0.0686. The van der Waals surface area contributed by atoms with Crippen LogP contribution in [-0.4, -0.2) is 41.1 Å². The van der Waals surface area contributed by atoms with Crippen molar-refractivity contribution < 1.29 is 14.6 Å². The molecule has 5 heteroatoms. The van der Waals surface area contributed by atoms with Crippen molar-refractivity contribution in [2.45, 2.75) is 25.7 Å². The van der Waals surface area contributed by atoms with Crippen LogP contribution < -0.4 is 4.74 Å². The van der Waals surface area contributed by atoms with Crippen molar-refractivity contribution >= 4 is 5.91 Å². The van der Waals surface area contributed by atoms with Crippen LogP contribution in [0.5, 0.6) is 11.5 Å². The van der Waals surface area contributed by atoms with E-state index < -0.39 is 0 Å². The Bertz CT molecular complexity index is 707. The summed E-state index contributed by atoms with van der Waals surface area (Å²) >= 11 is 0. The van der Waals surface area contributed by atoms with Gasteiger partial charge in [0.15, 0.2) is 0 Å². The molecule has 5 nitrogen and oxygen atoms in total. The Labute approximate surface area is 148 Å². The lowest BCUT2D eigenvalue weighted by Crippen LogP contribution is -2.38. The maximum atomic E-state index is 12.5. The van der Waals surface area contributed by atoms with Gasteiger partial charge in [0.1, 0.15) is 11.5 Å².